The number of phosphoric acid groups is 3. The molecule has 0 aliphatic carbocycles. The number of nitrogens with one attached hydrogen (secondary N) is 1. The van der Waals surface area contributed by atoms with Crippen LogP contribution in [0.15, 0.2) is 15.8 Å². The molecule has 1 aliphatic heterocycles. The molecule has 8 N–H and O–H groups in total. The average Bonchev–Trinajstić information content (AvgIpc) is 2.97. The normalized spacial score (nSPS) is 27.1. The van der Waals surface area contributed by atoms with Gasteiger partial charge in [-0.15, -0.1) is 0 Å². The molecule has 0 spiro atoms. The van der Waals surface area contributed by atoms with Gasteiger partial charge >= 0.3 is 35.1 Å². The van der Waals surface area contributed by atoms with E-state index in [-0.39, 0.29) is 0 Å². The molecule has 0 radical (unpaired) electrons. The predicted molar refractivity (Wildman–Crippen MR) is 104 cm³/mol. The van der Waals surface area contributed by atoms with Crippen molar-refractivity contribution < 1.29 is 76.0 Å². The van der Waals surface area contributed by atoms with Gasteiger partial charge in [-0.2, -0.15) is 8.62 Å². The summed E-state index contributed by atoms with van der Waals surface area (Å²) in [6, 6.07) is 0. The minimum atomic E-state index is -5.81. The maximum atomic E-state index is 12.2. The molecule has 1 saturated heterocycles. The fourth-order valence-electron chi connectivity index (χ4n) is 2.72. The summed E-state index contributed by atoms with van der Waals surface area (Å²) < 4.78 is 54.8. The lowest BCUT2D eigenvalue weighted by Crippen LogP contribution is -2.39. The maximum Gasteiger partial charge on any atom is 0.490 e. The summed E-state index contributed by atoms with van der Waals surface area (Å²) in [6.45, 7) is -1.17. The van der Waals surface area contributed by atoms with Crippen LogP contribution in [0.1, 0.15) is 17.9 Å². The first-order chi connectivity index (χ1) is 15.9. The van der Waals surface area contributed by atoms with E-state index in [1.54, 1.807) is 4.98 Å². The van der Waals surface area contributed by atoms with Crippen LogP contribution in [0.2, 0.25) is 0 Å². The van der Waals surface area contributed by atoms with E-state index in [4.69, 9.17) is 19.4 Å². The molecule has 0 aromatic carbocycles. The van der Waals surface area contributed by atoms with Gasteiger partial charge in [-0.25, -0.2) is 23.3 Å². The van der Waals surface area contributed by atoms with Crippen molar-refractivity contribution in [2.45, 2.75) is 30.6 Å². The lowest BCUT2D eigenvalue weighted by atomic mass is 10.0. The van der Waals surface area contributed by atoms with Crippen molar-refractivity contribution in [1.82, 2.24) is 9.55 Å². The molecular formula is C12H19N2O18P3. The minimum Gasteiger partial charge on any atom is -0.466 e. The third-order valence-corrected chi connectivity index (χ3v) is 7.96. The Morgan fingerprint density at radius 2 is 1.71 bits per heavy atom. The number of rotatable bonds is 10. The van der Waals surface area contributed by atoms with Gasteiger partial charge in [0.15, 0.2) is 0 Å². The van der Waals surface area contributed by atoms with Gasteiger partial charge in [0, 0.05) is 6.20 Å². The van der Waals surface area contributed by atoms with Crippen LogP contribution >= 0.6 is 23.5 Å². The van der Waals surface area contributed by atoms with Crippen LogP contribution < -0.4 is 11.2 Å². The van der Waals surface area contributed by atoms with E-state index in [1.165, 1.54) is 0 Å². The fourth-order valence-corrected chi connectivity index (χ4v) is 5.75. The van der Waals surface area contributed by atoms with E-state index in [0.29, 0.717) is 10.8 Å². The SMILES string of the molecule is COC(=O)C(O)n1cc([C@@H]2O[C@H](COP(=O)(O)OP(=O)(O)OP(=O)(O)O)C(O)C2O)c(=O)[nH]c1=O. The highest BCUT2D eigenvalue weighted by atomic mass is 31.3. The Kier molecular flexibility index (Phi) is 9.14. The van der Waals surface area contributed by atoms with Crippen LogP contribution in [0.25, 0.3) is 0 Å². The summed E-state index contributed by atoms with van der Waals surface area (Å²) >= 11 is 0. The largest absolute Gasteiger partial charge is 0.490 e. The molecule has 35 heavy (non-hydrogen) atoms. The highest BCUT2D eigenvalue weighted by Crippen LogP contribution is 2.66. The Bertz CT molecular complexity index is 1200. The number of hydrogen-bond acceptors (Lipinski definition) is 14. The Morgan fingerprint density at radius 3 is 2.26 bits per heavy atom. The van der Waals surface area contributed by atoms with Crippen molar-refractivity contribution >= 4 is 29.4 Å². The molecule has 0 amide bonds. The predicted octanol–water partition coefficient (Wildman–Crippen LogP) is -3.29. The number of hydrogen-bond donors (Lipinski definition) is 8. The molecule has 200 valence electrons. The lowest BCUT2D eigenvalue weighted by Gasteiger charge is -2.19. The first-order valence-electron chi connectivity index (χ1n) is 8.78. The number of methoxy groups -OCH3 is 1. The Hall–Kier alpha value is -1.60. The number of H-pyrrole nitrogens is 1. The zero-order chi connectivity index (χ0) is 26.9. The van der Waals surface area contributed by atoms with Crippen LogP contribution in [-0.4, -0.2) is 82.4 Å². The second-order valence-electron chi connectivity index (χ2n) is 6.61. The zero-order valence-electron chi connectivity index (χ0n) is 17.1. The van der Waals surface area contributed by atoms with Gasteiger partial charge in [0.2, 0.25) is 6.23 Å². The molecule has 1 fully saturated rings. The summed E-state index contributed by atoms with van der Waals surface area (Å²) in [4.78, 5) is 72.8. The smallest absolute Gasteiger partial charge is 0.466 e. The summed E-state index contributed by atoms with van der Waals surface area (Å²) in [5.41, 5.74) is -3.03. The van der Waals surface area contributed by atoms with E-state index < -0.39 is 83.5 Å². The third kappa shape index (κ3) is 7.69. The standard InChI is InChI=1S/C12H19N2O18P3/c1-28-11(19)10(18)14-2-4(9(17)13-12(14)20)8-7(16)6(15)5(30-8)3-29-34(24,25)32-35(26,27)31-33(21,22)23/h2,5-8,10,15-16,18H,3H2,1H3,(H,24,25)(H,26,27)(H,13,17,20)(H2,21,22,23)/t5-,6?,7?,8+,10?/m1/s1. The van der Waals surface area contributed by atoms with Crippen molar-refractivity contribution in [3.05, 3.63) is 32.6 Å². The number of nitrogens with zero attached hydrogens (tertiary/aromatic N) is 1. The highest BCUT2D eigenvalue weighted by Gasteiger charge is 2.47. The summed E-state index contributed by atoms with van der Waals surface area (Å²) in [7, 11) is -16.1. The number of phosphoric ester groups is 1. The van der Waals surface area contributed by atoms with E-state index in [9.17, 15) is 48.3 Å². The number of carbonyl (C=O) groups is 1. The monoisotopic (exact) mass is 572 g/mol. The molecule has 1 aromatic rings. The van der Waals surface area contributed by atoms with Crippen molar-refractivity contribution in [3.8, 4) is 0 Å². The second kappa shape index (κ2) is 10.8. The molecular weight excluding hydrogens is 553 g/mol. The molecule has 1 aromatic heterocycles. The number of esters is 1. The number of aromatic amines is 1. The van der Waals surface area contributed by atoms with E-state index in [1.807, 2.05) is 0 Å². The second-order valence-corrected chi connectivity index (χ2v) is 11.0. The molecule has 2 rings (SSSR count). The molecule has 20 nitrogen and oxygen atoms in total. The zero-order valence-corrected chi connectivity index (χ0v) is 19.8. The topological polar surface area (TPSA) is 311 Å². The number of aromatic nitrogens is 2. The number of aliphatic hydroxyl groups excluding tert-OH is 3. The molecule has 0 saturated carbocycles. The number of aliphatic hydroxyl groups is 3. The van der Waals surface area contributed by atoms with E-state index in [0.717, 1.165) is 7.11 Å². The van der Waals surface area contributed by atoms with Gasteiger partial charge in [-0.1, -0.05) is 0 Å². The van der Waals surface area contributed by atoms with E-state index in [2.05, 4.69) is 17.9 Å². The Labute approximate surface area is 192 Å². The summed E-state index contributed by atoms with van der Waals surface area (Å²) in [5.74, 6) is -1.30. The van der Waals surface area contributed by atoms with Gasteiger partial charge in [-0.3, -0.25) is 18.9 Å². The van der Waals surface area contributed by atoms with Gasteiger partial charge in [-0.05, 0) is 0 Å². The average molecular weight is 572 g/mol. The van der Waals surface area contributed by atoms with Crippen LogP contribution in [0, 0.1) is 0 Å². The van der Waals surface area contributed by atoms with Crippen LogP contribution in [0.4, 0.5) is 0 Å². The Morgan fingerprint density at radius 1 is 1.11 bits per heavy atom. The minimum absolute atomic E-state index is 0.310. The van der Waals surface area contributed by atoms with Crippen molar-refractivity contribution in [1.29, 1.82) is 0 Å². The lowest BCUT2D eigenvalue weighted by molar-refractivity contribution is -0.155. The van der Waals surface area contributed by atoms with Crippen LogP contribution in [0.3, 0.4) is 0 Å². The van der Waals surface area contributed by atoms with Gasteiger partial charge in [0.25, 0.3) is 5.56 Å². The maximum absolute atomic E-state index is 12.2. The highest BCUT2D eigenvalue weighted by molar-refractivity contribution is 7.66. The fraction of sp³-hybridized carbons (Fsp3) is 0.583. The van der Waals surface area contributed by atoms with Crippen molar-refractivity contribution in [2.24, 2.45) is 0 Å². The Balaban J connectivity index is 2.20. The molecule has 23 heteroatoms. The molecule has 2 heterocycles. The van der Waals surface area contributed by atoms with Crippen LogP contribution in [0.5, 0.6) is 0 Å². The van der Waals surface area contributed by atoms with Crippen LogP contribution in [-0.2, 0) is 41.1 Å². The third-order valence-electron chi connectivity index (χ3n) is 4.16. The quantitative estimate of drug-likeness (QED) is 0.101. The summed E-state index contributed by atoms with van der Waals surface area (Å²) in [5, 5.41) is 30.2. The first-order valence-corrected chi connectivity index (χ1v) is 13.3. The van der Waals surface area contributed by atoms with Crippen molar-refractivity contribution in [2.75, 3.05) is 13.7 Å². The molecule has 0 bridgehead atoms. The molecule has 5 unspecified atom stereocenters. The van der Waals surface area contributed by atoms with E-state index >= 15 is 0 Å². The van der Waals surface area contributed by atoms with Gasteiger partial charge in [0.05, 0.1) is 19.3 Å². The molecule has 1 aliphatic rings. The number of carbonyl (C=O) groups excluding carboxylic acids is 1. The number of ether oxygens (including phenoxy) is 2. The van der Waals surface area contributed by atoms with Crippen molar-refractivity contribution in [3.63, 3.8) is 0 Å². The first kappa shape index (κ1) is 29.6. The molecule has 7 atom stereocenters. The van der Waals surface area contributed by atoms with Gasteiger partial charge < -0.3 is 44.4 Å². The summed E-state index contributed by atoms with van der Waals surface area (Å²) in [6.07, 6.45) is -8.99. The van der Waals surface area contributed by atoms with Gasteiger partial charge in [0.1, 0.15) is 24.4 Å².